The standard InChI is InChI=1S/C25H34N4O2/c30-17-24-25(21-5-3-20(4-6-21)22-13-26-18-27-14-22)23-16-28(9-1-2-10-29(23)24)15-19-7-11-31-12-8-19/h3-6,13-14,18-19,23-25,30H,1-2,7-12,15-17H2/t23-,24-,25-/m0/s1. The molecule has 3 fully saturated rings. The van der Waals surface area contributed by atoms with Crippen molar-refractivity contribution in [2.75, 3.05) is 46.0 Å². The monoisotopic (exact) mass is 422 g/mol. The Morgan fingerprint density at radius 2 is 1.71 bits per heavy atom. The van der Waals surface area contributed by atoms with Crippen molar-refractivity contribution in [1.82, 2.24) is 19.8 Å². The van der Waals surface area contributed by atoms with Crippen LogP contribution in [0.2, 0.25) is 0 Å². The zero-order valence-corrected chi connectivity index (χ0v) is 18.3. The summed E-state index contributed by atoms with van der Waals surface area (Å²) < 4.78 is 5.57. The van der Waals surface area contributed by atoms with E-state index in [0.717, 1.165) is 43.3 Å². The first-order valence-electron chi connectivity index (χ1n) is 11.9. The zero-order valence-electron chi connectivity index (χ0n) is 18.3. The molecular formula is C25H34N4O2. The van der Waals surface area contributed by atoms with Gasteiger partial charge in [0.1, 0.15) is 6.33 Å². The second-order valence-corrected chi connectivity index (χ2v) is 9.35. The van der Waals surface area contributed by atoms with Gasteiger partial charge in [0.15, 0.2) is 0 Å². The molecule has 1 aromatic carbocycles. The molecule has 31 heavy (non-hydrogen) atoms. The number of aliphatic hydroxyl groups excluding tert-OH is 1. The van der Waals surface area contributed by atoms with Crippen LogP contribution in [0.4, 0.5) is 0 Å². The lowest BCUT2D eigenvalue weighted by atomic mass is 9.74. The van der Waals surface area contributed by atoms with Crippen LogP contribution in [0.1, 0.15) is 37.2 Å². The quantitative estimate of drug-likeness (QED) is 0.800. The summed E-state index contributed by atoms with van der Waals surface area (Å²) >= 11 is 0. The average molecular weight is 423 g/mol. The van der Waals surface area contributed by atoms with E-state index in [4.69, 9.17) is 4.74 Å². The van der Waals surface area contributed by atoms with Gasteiger partial charge in [-0.1, -0.05) is 24.3 Å². The molecule has 0 bridgehead atoms. The van der Waals surface area contributed by atoms with E-state index in [1.807, 2.05) is 12.4 Å². The third kappa shape index (κ3) is 4.53. The largest absolute Gasteiger partial charge is 0.395 e. The topological polar surface area (TPSA) is 61.7 Å². The van der Waals surface area contributed by atoms with Gasteiger partial charge in [0, 0.05) is 62.3 Å². The molecule has 6 nitrogen and oxygen atoms in total. The molecule has 0 aliphatic carbocycles. The first-order valence-corrected chi connectivity index (χ1v) is 11.9. The highest BCUT2D eigenvalue weighted by Crippen LogP contribution is 2.42. The summed E-state index contributed by atoms with van der Waals surface area (Å²) in [5, 5.41) is 10.2. The Labute approximate surface area is 185 Å². The van der Waals surface area contributed by atoms with Crippen molar-refractivity contribution in [3.05, 3.63) is 48.5 Å². The SMILES string of the molecule is OC[C@H]1[C@@H](c2ccc(-c3cncnc3)cc2)[C@@H]2CN(CC3CCOCC3)CCCCN12. The smallest absolute Gasteiger partial charge is 0.115 e. The van der Waals surface area contributed by atoms with Crippen molar-refractivity contribution in [3.8, 4) is 11.1 Å². The second-order valence-electron chi connectivity index (χ2n) is 9.35. The first kappa shape index (κ1) is 21.0. The lowest BCUT2D eigenvalue weighted by molar-refractivity contribution is -0.0677. The van der Waals surface area contributed by atoms with Crippen LogP contribution in [-0.4, -0.2) is 83.0 Å². The molecule has 0 saturated carbocycles. The molecule has 3 saturated heterocycles. The van der Waals surface area contributed by atoms with E-state index in [9.17, 15) is 5.11 Å². The summed E-state index contributed by atoms with van der Waals surface area (Å²) in [6.07, 6.45) is 10.1. The highest BCUT2D eigenvalue weighted by Gasteiger charge is 2.49. The fourth-order valence-corrected chi connectivity index (χ4v) is 5.82. The summed E-state index contributed by atoms with van der Waals surface area (Å²) in [6.45, 7) is 6.67. The van der Waals surface area contributed by atoms with Crippen molar-refractivity contribution >= 4 is 0 Å². The molecule has 0 amide bonds. The lowest BCUT2D eigenvalue weighted by Gasteiger charge is -2.57. The van der Waals surface area contributed by atoms with E-state index in [1.54, 1.807) is 6.33 Å². The van der Waals surface area contributed by atoms with Crippen molar-refractivity contribution in [2.45, 2.75) is 43.7 Å². The number of aliphatic hydroxyl groups is 1. The molecule has 3 aliphatic rings. The van der Waals surface area contributed by atoms with Gasteiger partial charge in [-0.25, -0.2) is 9.97 Å². The fourth-order valence-electron chi connectivity index (χ4n) is 5.82. The van der Waals surface area contributed by atoms with Crippen molar-refractivity contribution in [1.29, 1.82) is 0 Å². The molecule has 1 N–H and O–H groups in total. The minimum atomic E-state index is 0.232. The van der Waals surface area contributed by atoms with E-state index in [1.165, 1.54) is 44.3 Å². The fraction of sp³-hybridized carbons (Fsp3) is 0.600. The summed E-state index contributed by atoms with van der Waals surface area (Å²) in [4.78, 5) is 13.5. The van der Waals surface area contributed by atoms with E-state index in [2.05, 4.69) is 44.0 Å². The van der Waals surface area contributed by atoms with Crippen molar-refractivity contribution in [3.63, 3.8) is 0 Å². The van der Waals surface area contributed by atoms with E-state index < -0.39 is 0 Å². The van der Waals surface area contributed by atoms with Gasteiger partial charge in [0.2, 0.25) is 0 Å². The van der Waals surface area contributed by atoms with Gasteiger partial charge in [-0.05, 0) is 55.8 Å². The maximum absolute atomic E-state index is 10.2. The number of rotatable bonds is 5. The molecule has 4 heterocycles. The molecule has 0 unspecified atom stereocenters. The average Bonchev–Trinajstić information content (AvgIpc) is 2.81. The number of ether oxygens (including phenoxy) is 1. The van der Waals surface area contributed by atoms with Crippen LogP contribution in [0.5, 0.6) is 0 Å². The van der Waals surface area contributed by atoms with Crippen LogP contribution >= 0.6 is 0 Å². The van der Waals surface area contributed by atoms with Crippen molar-refractivity contribution in [2.24, 2.45) is 5.92 Å². The maximum Gasteiger partial charge on any atom is 0.115 e. The second kappa shape index (κ2) is 9.74. The third-order valence-electron chi connectivity index (χ3n) is 7.50. The summed E-state index contributed by atoms with van der Waals surface area (Å²) in [7, 11) is 0. The Bertz CT molecular complexity index is 825. The maximum atomic E-state index is 10.2. The molecule has 6 heteroatoms. The Morgan fingerprint density at radius 3 is 2.45 bits per heavy atom. The van der Waals surface area contributed by atoms with Crippen LogP contribution in [0, 0.1) is 5.92 Å². The van der Waals surface area contributed by atoms with Gasteiger partial charge in [-0.2, -0.15) is 0 Å². The van der Waals surface area contributed by atoms with Crippen LogP contribution in [0.15, 0.2) is 43.0 Å². The molecule has 1 aromatic heterocycles. The molecular weight excluding hydrogens is 388 g/mol. The molecule has 5 rings (SSSR count). The van der Waals surface area contributed by atoms with E-state index in [-0.39, 0.29) is 12.6 Å². The number of aromatic nitrogens is 2. The van der Waals surface area contributed by atoms with Crippen LogP contribution in [0.3, 0.4) is 0 Å². The summed E-state index contributed by atoms with van der Waals surface area (Å²) in [6, 6.07) is 9.56. The number of nitrogens with zero attached hydrogens (tertiary/aromatic N) is 4. The van der Waals surface area contributed by atoms with E-state index >= 15 is 0 Å². The van der Waals surface area contributed by atoms with Crippen LogP contribution < -0.4 is 0 Å². The van der Waals surface area contributed by atoms with Gasteiger partial charge < -0.3 is 14.7 Å². The normalized spacial score (nSPS) is 28.4. The number of hydrogen-bond donors (Lipinski definition) is 1. The molecule has 0 radical (unpaired) electrons. The summed E-state index contributed by atoms with van der Waals surface area (Å²) in [5.74, 6) is 1.16. The van der Waals surface area contributed by atoms with Crippen LogP contribution in [0.25, 0.3) is 11.1 Å². The molecule has 166 valence electrons. The Morgan fingerprint density at radius 1 is 0.968 bits per heavy atom. The number of fused-ring (bicyclic) bond motifs is 1. The summed E-state index contributed by atoms with van der Waals surface area (Å²) in [5.41, 5.74) is 3.52. The first-order chi connectivity index (χ1) is 15.3. The number of benzene rings is 1. The minimum Gasteiger partial charge on any atom is -0.395 e. The van der Waals surface area contributed by atoms with Crippen LogP contribution in [-0.2, 0) is 4.74 Å². The van der Waals surface area contributed by atoms with Gasteiger partial charge in [-0.3, -0.25) is 4.90 Å². The van der Waals surface area contributed by atoms with Crippen molar-refractivity contribution < 1.29 is 9.84 Å². The van der Waals surface area contributed by atoms with Gasteiger partial charge in [0.05, 0.1) is 6.61 Å². The third-order valence-corrected chi connectivity index (χ3v) is 7.50. The highest BCUT2D eigenvalue weighted by molar-refractivity contribution is 5.61. The molecule has 3 aliphatic heterocycles. The lowest BCUT2D eigenvalue weighted by Crippen LogP contribution is -2.67. The predicted molar refractivity (Wildman–Crippen MR) is 121 cm³/mol. The minimum absolute atomic E-state index is 0.232. The molecule has 2 aromatic rings. The molecule has 3 atom stereocenters. The molecule has 0 spiro atoms. The highest BCUT2D eigenvalue weighted by atomic mass is 16.5. The Kier molecular flexibility index (Phi) is 6.60. The van der Waals surface area contributed by atoms with Gasteiger partial charge in [-0.15, -0.1) is 0 Å². The van der Waals surface area contributed by atoms with Gasteiger partial charge >= 0.3 is 0 Å². The predicted octanol–water partition coefficient (Wildman–Crippen LogP) is 2.79. The Hall–Kier alpha value is -1.86. The van der Waals surface area contributed by atoms with E-state index in [0.29, 0.717) is 12.0 Å². The number of hydrogen-bond acceptors (Lipinski definition) is 6. The van der Waals surface area contributed by atoms with Gasteiger partial charge in [0.25, 0.3) is 0 Å². The Balaban J connectivity index is 1.32. The zero-order chi connectivity index (χ0) is 21.0.